The molecule has 13 heteroatoms. The summed E-state index contributed by atoms with van der Waals surface area (Å²) in [5, 5.41) is 2.07. The maximum atomic E-state index is 13.1. The number of sulfone groups is 1. The molecular formula is C23H22N2O9S2. The van der Waals surface area contributed by atoms with Crippen molar-refractivity contribution in [2.45, 2.75) is 42.0 Å². The van der Waals surface area contributed by atoms with Gasteiger partial charge in [-0.25, -0.2) is 8.42 Å². The molecule has 36 heavy (non-hydrogen) atoms. The fourth-order valence-corrected chi connectivity index (χ4v) is 6.50. The lowest BCUT2D eigenvalue weighted by molar-refractivity contribution is -0.136. The number of rotatable bonds is 8. The maximum absolute atomic E-state index is 13.1. The highest BCUT2D eigenvalue weighted by Crippen LogP contribution is 2.32. The highest BCUT2D eigenvalue weighted by Gasteiger charge is 2.46. The molecule has 2 aliphatic heterocycles. The number of fused-ring (bicyclic) bond motifs is 1. The molecule has 2 aromatic rings. The van der Waals surface area contributed by atoms with Crippen LogP contribution in [0.5, 0.6) is 0 Å². The molecule has 1 atom stereocenters. The molecule has 1 saturated heterocycles. The third kappa shape index (κ3) is 4.81. The Labute approximate surface area is 207 Å². The molecule has 1 fully saturated rings. The first-order valence-electron chi connectivity index (χ1n) is 11.0. The highest BCUT2D eigenvalue weighted by molar-refractivity contribution is 7.91. The Kier molecular flexibility index (Phi) is 6.82. The number of nitrogens with one attached hydrogen (secondary N) is 1. The normalized spacial score (nSPS) is 18.4. The van der Waals surface area contributed by atoms with Gasteiger partial charge in [-0.2, -0.15) is 8.42 Å². The van der Waals surface area contributed by atoms with Gasteiger partial charge in [-0.3, -0.25) is 33.6 Å². The summed E-state index contributed by atoms with van der Waals surface area (Å²) in [6, 6.07) is 8.51. The zero-order chi connectivity index (χ0) is 26.3. The molecule has 2 aliphatic rings. The van der Waals surface area contributed by atoms with Gasteiger partial charge in [0.2, 0.25) is 11.8 Å². The standard InChI is InChI=1S/C23H22N2O9S2/c1-14-6-8-15(9-7-14)36(32,33)34-12-3-13-35(30,31)18-5-2-4-16-20(18)23(29)25(22(16)28)17-10-11-19(26)24-21(17)27/h2,4-9,17H,3,10-13H2,1H3,(H,24,26,27). The molecule has 0 spiro atoms. The van der Waals surface area contributed by atoms with E-state index in [2.05, 4.69) is 5.32 Å². The number of carbonyl (C=O) groups is 4. The van der Waals surface area contributed by atoms with E-state index in [1.54, 1.807) is 19.1 Å². The SMILES string of the molecule is Cc1ccc(S(=O)(=O)OCCCS(=O)(=O)c2cccc3c2C(=O)N(C2CCC(=O)NC2=O)C3=O)cc1. The predicted octanol–water partition coefficient (Wildman–Crippen LogP) is 0.966. The maximum Gasteiger partial charge on any atom is 0.296 e. The number of amides is 4. The van der Waals surface area contributed by atoms with Gasteiger partial charge in [-0.15, -0.1) is 0 Å². The van der Waals surface area contributed by atoms with Crippen molar-refractivity contribution >= 4 is 43.6 Å². The fourth-order valence-electron chi connectivity index (χ4n) is 4.04. The lowest BCUT2D eigenvalue weighted by Gasteiger charge is -2.27. The molecule has 2 aromatic carbocycles. The molecule has 1 N–H and O–H groups in total. The second-order valence-electron chi connectivity index (χ2n) is 8.39. The van der Waals surface area contributed by atoms with Gasteiger partial charge in [-0.05, 0) is 44.0 Å². The first-order valence-corrected chi connectivity index (χ1v) is 14.0. The van der Waals surface area contributed by atoms with Crippen molar-refractivity contribution < 1.29 is 40.2 Å². The van der Waals surface area contributed by atoms with Gasteiger partial charge in [0, 0.05) is 6.42 Å². The molecule has 1 unspecified atom stereocenters. The molecule has 0 aliphatic carbocycles. The largest absolute Gasteiger partial charge is 0.296 e. The van der Waals surface area contributed by atoms with E-state index in [0.29, 0.717) is 4.90 Å². The average molecular weight is 535 g/mol. The fraction of sp³-hybridized carbons (Fsp3) is 0.304. The van der Waals surface area contributed by atoms with Gasteiger partial charge in [0.1, 0.15) is 6.04 Å². The van der Waals surface area contributed by atoms with Crippen LogP contribution in [0.4, 0.5) is 0 Å². The van der Waals surface area contributed by atoms with Crippen LogP contribution in [0.15, 0.2) is 52.3 Å². The summed E-state index contributed by atoms with van der Waals surface area (Å²) in [4.78, 5) is 49.9. The number of imide groups is 2. The number of hydrogen-bond acceptors (Lipinski definition) is 9. The Morgan fingerprint density at radius 3 is 2.33 bits per heavy atom. The van der Waals surface area contributed by atoms with Gasteiger partial charge in [-0.1, -0.05) is 23.8 Å². The third-order valence-electron chi connectivity index (χ3n) is 5.87. The van der Waals surface area contributed by atoms with E-state index in [1.165, 1.54) is 30.3 Å². The summed E-state index contributed by atoms with van der Waals surface area (Å²) >= 11 is 0. The molecule has 190 valence electrons. The van der Waals surface area contributed by atoms with Crippen LogP contribution in [-0.4, -0.2) is 63.8 Å². The van der Waals surface area contributed by atoms with Crippen LogP contribution in [0, 0.1) is 6.92 Å². The molecule has 0 bridgehead atoms. The van der Waals surface area contributed by atoms with Gasteiger partial charge < -0.3 is 0 Å². The van der Waals surface area contributed by atoms with Crippen molar-refractivity contribution in [3.63, 3.8) is 0 Å². The van der Waals surface area contributed by atoms with Gasteiger partial charge in [0.25, 0.3) is 21.9 Å². The highest BCUT2D eigenvalue weighted by atomic mass is 32.2. The molecule has 4 amide bonds. The second kappa shape index (κ2) is 9.56. The summed E-state index contributed by atoms with van der Waals surface area (Å²) < 4.78 is 55.6. The summed E-state index contributed by atoms with van der Waals surface area (Å²) in [6.45, 7) is 1.38. The van der Waals surface area contributed by atoms with Crippen LogP contribution in [0.2, 0.25) is 0 Å². The van der Waals surface area contributed by atoms with Crippen molar-refractivity contribution in [2.24, 2.45) is 0 Å². The van der Waals surface area contributed by atoms with Crippen LogP contribution < -0.4 is 5.32 Å². The topological polar surface area (TPSA) is 161 Å². The summed E-state index contributed by atoms with van der Waals surface area (Å²) in [7, 11) is -8.21. The van der Waals surface area contributed by atoms with Crippen molar-refractivity contribution in [3.8, 4) is 0 Å². The lowest BCUT2D eigenvalue weighted by Crippen LogP contribution is -2.54. The molecule has 0 radical (unpaired) electrons. The van der Waals surface area contributed by atoms with E-state index in [4.69, 9.17) is 4.18 Å². The minimum absolute atomic E-state index is 0.0607. The Hall–Kier alpha value is -3.42. The number of carbonyl (C=O) groups excluding carboxylic acids is 4. The van der Waals surface area contributed by atoms with E-state index in [1.807, 2.05) is 0 Å². The van der Waals surface area contributed by atoms with Crippen LogP contribution in [0.25, 0.3) is 0 Å². The smallest absolute Gasteiger partial charge is 0.295 e. The summed E-state index contributed by atoms with van der Waals surface area (Å²) in [6.07, 6.45) is -0.332. The van der Waals surface area contributed by atoms with Crippen molar-refractivity contribution in [2.75, 3.05) is 12.4 Å². The third-order valence-corrected chi connectivity index (χ3v) is 9.03. The van der Waals surface area contributed by atoms with E-state index < -0.39 is 66.9 Å². The van der Waals surface area contributed by atoms with Gasteiger partial charge in [0.05, 0.1) is 33.3 Å². The van der Waals surface area contributed by atoms with Crippen LogP contribution >= 0.6 is 0 Å². The van der Waals surface area contributed by atoms with Gasteiger partial charge in [0.15, 0.2) is 9.84 Å². The first-order chi connectivity index (χ1) is 16.9. The average Bonchev–Trinajstić information content (AvgIpc) is 3.07. The Morgan fingerprint density at radius 1 is 0.972 bits per heavy atom. The van der Waals surface area contributed by atoms with E-state index in [-0.39, 0.29) is 35.3 Å². The molecule has 0 saturated carbocycles. The van der Waals surface area contributed by atoms with Gasteiger partial charge >= 0.3 is 0 Å². The van der Waals surface area contributed by atoms with E-state index >= 15 is 0 Å². The van der Waals surface area contributed by atoms with E-state index in [0.717, 1.165) is 5.56 Å². The number of aryl methyl sites for hydroxylation is 1. The zero-order valence-corrected chi connectivity index (χ0v) is 20.7. The Balaban J connectivity index is 1.49. The number of hydrogen-bond donors (Lipinski definition) is 1. The molecule has 2 heterocycles. The first kappa shape index (κ1) is 25.7. The number of piperidine rings is 1. The predicted molar refractivity (Wildman–Crippen MR) is 124 cm³/mol. The number of nitrogens with zero attached hydrogens (tertiary/aromatic N) is 1. The Bertz CT molecular complexity index is 1480. The summed E-state index contributed by atoms with van der Waals surface area (Å²) in [5.41, 5.74) is 0.351. The monoisotopic (exact) mass is 534 g/mol. The minimum Gasteiger partial charge on any atom is -0.295 e. The van der Waals surface area contributed by atoms with Crippen molar-refractivity contribution in [3.05, 3.63) is 59.2 Å². The Morgan fingerprint density at radius 2 is 1.67 bits per heavy atom. The second-order valence-corrected chi connectivity index (χ2v) is 12.1. The van der Waals surface area contributed by atoms with Crippen LogP contribution in [0.3, 0.4) is 0 Å². The molecular weight excluding hydrogens is 512 g/mol. The zero-order valence-electron chi connectivity index (χ0n) is 19.1. The quantitative estimate of drug-likeness (QED) is 0.295. The van der Waals surface area contributed by atoms with E-state index in [9.17, 15) is 36.0 Å². The van der Waals surface area contributed by atoms with Crippen LogP contribution in [0.1, 0.15) is 45.5 Å². The lowest BCUT2D eigenvalue weighted by atomic mass is 10.0. The number of benzene rings is 2. The molecule has 0 aromatic heterocycles. The molecule has 4 rings (SSSR count). The summed E-state index contributed by atoms with van der Waals surface area (Å²) in [5.74, 6) is -3.65. The van der Waals surface area contributed by atoms with Crippen molar-refractivity contribution in [1.82, 2.24) is 10.2 Å². The minimum atomic E-state index is -4.14. The van der Waals surface area contributed by atoms with Crippen molar-refractivity contribution in [1.29, 1.82) is 0 Å². The van der Waals surface area contributed by atoms with Crippen LogP contribution in [-0.2, 0) is 33.7 Å². The molecule has 11 nitrogen and oxygen atoms in total.